The number of likely N-dealkylation sites (N-methyl/N-ethyl adjacent to an activating group) is 1. The predicted octanol–water partition coefficient (Wildman–Crippen LogP) is 2.07. The smallest absolute Gasteiger partial charge is 0.239 e. The summed E-state index contributed by atoms with van der Waals surface area (Å²) in [4.78, 5) is 28.4. The molecule has 1 saturated heterocycles. The molecule has 0 unspecified atom stereocenters. The lowest BCUT2D eigenvalue weighted by molar-refractivity contribution is -0.134. The fraction of sp³-hybridized carbons (Fsp3) is 0.556. The number of hydrogen-bond acceptors (Lipinski definition) is 4. The van der Waals surface area contributed by atoms with Crippen LogP contribution in [0, 0.1) is 5.92 Å². The van der Waals surface area contributed by atoms with Gasteiger partial charge in [-0.15, -0.1) is 0 Å². The fourth-order valence-electron chi connectivity index (χ4n) is 3.07. The first-order valence-corrected chi connectivity index (χ1v) is 8.07. The van der Waals surface area contributed by atoms with Crippen LogP contribution in [-0.4, -0.2) is 61.8 Å². The summed E-state index contributed by atoms with van der Waals surface area (Å²) in [6, 6.07) is 7.17. The van der Waals surface area contributed by atoms with Crippen molar-refractivity contribution in [2.24, 2.45) is 5.92 Å². The quantitative estimate of drug-likeness (QED) is 0.780. The van der Waals surface area contributed by atoms with Gasteiger partial charge in [0.05, 0.1) is 13.2 Å². The summed E-state index contributed by atoms with van der Waals surface area (Å²) >= 11 is 0. The van der Waals surface area contributed by atoms with Gasteiger partial charge in [-0.2, -0.15) is 0 Å². The number of benzene rings is 1. The van der Waals surface area contributed by atoms with Gasteiger partial charge in [0.15, 0.2) is 5.78 Å². The van der Waals surface area contributed by atoms with Crippen molar-refractivity contribution < 1.29 is 14.3 Å². The maximum absolute atomic E-state index is 12.6. The van der Waals surface area contributed by atoms with Gasteiger partial charge in [0.2, 0.25) is 5.91 Å². The van der Waals surface area contributed by atoms with Gasteiger partial charge in [-0.25, -0.2) is 0 Å². The van der Waals surface area contributed by atoms with E-state index < -0.39 is 0 Å². The Morgan fingerprint density at radius 3 is 2.22 bits per heavy atom. The van der Waals surface area contributed by atoms with Crippen LogP contribution in [0.2, 0.25) is 0 Å². The molecule has 0 aromatic heterocycles. The summed E-state index contributed by atoms with van der Waals surface area (Å²) in [5, 5.41) is 0. The molecule has 0 radical (unpaired) electrons. The Labute approximate surface area is 138 Å². The van der Waals surface area contributed by atoms with E-state index in [2.05, 4.69) is 4.90 Å². The third kappa shape index (κ3) is 4.10. The number of nitrogens with zero attached hydrogens (tertiary/aromatic N) is 2. The normalized spacial score (nSPS) is 17.6. The number of ether oxygens (including phenoxy) is 1. The summed E-state index contributed by atoms with van der Waals surface area (Å²) in [6.45, 7) is 3.51. The van der Waals surface area contributed by atoms with Crippen molar-refractivity contribution in [3.63, 3.8) is 0 Å². The highest BCUT2D eigenvalue weighted by Crippen LogP contribution is 2.24. The number of Topliss-reactive ketones (excluding diaryl/α,β-unsaturated/α-hetero) is 1. The number of likely N-dealkylation sites (tertiary alicyclic amines) is 1. The first kappa shape index (κ1) is 17.5. The zero-order chi connectivity index (χ0) is 17.0. The van der Waals surface area contributed by atoms with Gasteiger partial charge in [0, 0.05) is 25.6 Å². The van der Waals surface area contributed by atoms with Crippen molar-refractivity contribution in [3.8, 4) is 5.75 Å². The molecular weight excluding hydrogens is 292 g/mol. The molecule has 5 nitrogen and oxygen atoms in total. The van der Waals surface area contributed by atoms with E-state index in [1.54, 1.807) is 26.1 Å². The average molecular weight is 318 g/mol. The monoisotopic (exact) mass is 318 g/mol. The topological polar surface area (TPSA) is 49.9 Å². The Morgan fingerprint density at radius 1 is 1.17 bits per heavy atom. The Hall–Kier alpha value is -1.88. The van der Waals surface area contributed by atoms with E-state index in [4.69, 9.17) is 4.74 Å². The highest BCUT2D eigenvalue weighted by atomic mass is 16.5. The second kappa shape index (κ2) is 7.59. The maximum Gasteiger partial charge on any atom is 0.239 e. The van der Waals surface area contributed by atoms with Crippen LogP contribution in [0.4, 0.5) is 0 Å². The first-order chi connectivity index (χ1) is 10.9. The molecule has 0 saturated carbocycles. The molecule has 126 valence electrons. The highest BCUT2D eigenvalue weighted by Gasteiger charge is 2.30. The number of hydrogen-bond donors (Lipinski definition) is 0. The molecule has 2 rings (SSSR count). The molecule has 0 bridgehead atoms. The zero-order valence-electron chi connectivity index (χ0n) is 14.4. The first-order valence-electron chi connectivity index (χ1n) is 8.07. The Balaban J connectivity index is 1.93. The average Bonchev–Trinajstić information content (AvgIpc) is 2.60. The summed E-state index contributed by atoms with van der Waals surface area (Å²) in [7, 11) is 5.17. The van der Waals surface area contributed by atoms with E-state index in [1.165, 1.54) is 0 Å². The van der Waals surface area contributed by atoms with Crippen molar-refractivity contribution >= 4 is 11.7 Å². The summed E-state index contributed by atoms with van der Waals surface area (Å²) in [5.74, 6) is 1.11. The van der Waals surface area contributed by atoms with Crippen LogP contribution in [0.25, 0.3) is 0 Å². The van der Waals surface area contributed by atoms with Crippen LogP contribution >= 0.6 is 0 Å². The van der Waals surface area contributed by atoms with Crippen molar-refractivity contribution in [2.75, 3.05) is 34.3 Å². The van der Waals surface area contributed by atoms with E-state index >= 15 is 0 Å². The van der Waals surface area contributed by atoms with E-state index in [0.29, 0.717) is 0 Å². The number of methoxy groups -OCH3 is 1. The van der Waals surface area contributed by atoms with Crippen LogP contribution < -0.4 is 4.74 Å². The molecule has 1 amide bonds. The van der Waals surface area contributed by atoms with Gasteiger partial charge < -0.3 is 9.64 Å². The lowest BCUT2D eigenvalue weighted by Crippen LogP contribution is -2.48. The molecule has 1 aromatic carbocycles. The minimum atomic E-state index is -0.123. The van der Waals surface area contributed by atoms with Crippen LogP contribution in [0.3, 0.4) is 0 Å². The number of amides is 1. The van der Waals surface area contributed by atoms with Gasteiger partial charge in [-0.3, -0.25) is 14.5 Å². The standard InChI is InChI=1S/C18H26N2O3/c1-13(18(22)19(2)3)20-11-9-15(10-12-20)17(21)14-5-7-16(23-4)8-6-14/h5-8,13,15H,9-12H2,1-4H3/t13-/m0/s1. The van der Waals surface area contributed by atoms with Crippen molar-refractivity contribution in [2.45, 2.75) is 25.8 Å². The fourth-order valence-corrected chi connectivity index (χ4v) is 3.07. The Morgan fingerprint density at radius 2 is 1.74 bits per heavy atom. The molecule has 1 aliphatic heterocycles. The Kier molecular flexibility index (Phi) is 5.77. The number of piperidine rings is 1. The van der Waals surface area contributed by atoms with Crippen LogP contribution in [0.5, 0.6) is 5.75 Å². The van der Waals surface area contributed by atoms with E-state index in [0.717, 1.165) is 37.2 Å². The summed E-state index contributed by atoms with van der Waals surface area (Å²) in [5.41, 5.74) is 0.738. The second-order valence-corrected chi connectivity index (χ2v) is 6.31. The summed E-state index contributed by atoms with van der Waals surface area (Å²) < 4.78 is 5.12. The highest BCUT2D eigenvalue weighted by molar-refractivity contribution is 5.98. The molecule has 23 heavy (non-hydrogen) atoms. The van der Waals surface area contributed by atoms with Crippen LogP contribution in [-0.2, 0) is 4.79 Å². The molecule has 0 aliphatic carbocycles. The zero-order valence-corrected chi connectivity index (χ0v) is 14.4. The van der Waals surface area contributed by atoms with Crippen molar-refractivity contribution in [1.29, 1.82) is 0 Å². The van der Waals surface area contributed by atoms with Gasteiger partial charge >= 0.3 is 0 Å². The van der Waals surface area contributed by atoms with Gasteiger partial charge in [-0.05, 0) is 57.1 Å². The molecule has 1 aromatic rings. The third-order valence-electron chi connectivity index (χ3n) is 4.62. The number of rotatable bonds is 5. The maximum atomic E-state index is 12.6. The minimum absolute atomic E-state index is 0.0429. The molecule has 1 aliphatic rings. The van der Waals surface area contributed by atoms with Crippen LogP contribution in [0.15, 0.2) is 24.3 Å². The molecule has 0 N–H and O–H groups in total. The third-order valence-corrected chi connectivity index (χ3v) is 4.62. The van der Waals surface area contributed by atoms with E-state index in [1.807, 2.05) is 31.2 Å². The number of ketones is 1. The molecule has 0 spiro atoms. The SMILES string of the molecule is COc1ccc(C(=O)C2CCN([C@@H](C)C(=O)N(C)C)CC2)cc1. The molecule has 1 fully saturated rings. The van der Waals surface area contributed by atoms with E-state index in [-0.39, 0.29) is 23.7 Å². The molecule has 1 atom stereocenters. The molecule has 5 heteroatoms. The van der Waals surface area contributed by atoms with Crippen LogP contribution in [0.1, 0.15) is 30.1 Å². The van der Waals surface area contributed by atoms with Crippen molar-refractivity contribution in [3.05, 3.63) is 29.8 Å². The number of carbonyl (C=O) groups is 2. The van der Waals surface area contributed by atoms with E-state index in [9.17, 15) is 9.59 Å². The largest absolute Gasteiger partial charge is 0.497 e. The lowest BCUT2D eigenvalue weighted by atomic mass is 9.88. The lowest BCUT2D eigenvalue weighted by Gasteiger charge is -2.35. The van der Waals surface area contributed by atoms with Gasteiger partial charge in [-0.1, -0.05) is 0 Å². The summed E-state index contributed by atoms with van der Waals surface area (Å²) in [6.07, 6.45) is 1.60. The van der Waals surface area contributed by atoms with Gasteiger partial charge in [0.25, 0.3) is 0 Å². The molecule has 1 heterocycles. The second-order valence-electron chi connectivity index (χ2n) is 6.31. The minimum Gasteiger partial charge on any atom is -0.497 e. The number of carbonyl (C=O) groups excluding carboxylic acids is 2. The molecular formula is C18H26N2O3. The Bertz CT molecular complexity index is 546. The van der Waals surface area contributed by atoms with Crippen molar-refractivity contribution in [1.82, 2.24) is 9.80 Å². The predicted molar refractivity (Wildman–Crippen MR) is 89.8 cm³/mol. The van der Waals surface area contributed by atoms with Gasteiger partial charge in [0.1, 0.15) is 5.75 Å².